The van der Waals surface area contributed by atoms with E-state index in [1.54, 1.807) is 18.2 Å². The van der Waals surface area contributed by atoms with Gasteiger partial charge in [-0.15, -0.1) is 0 Å². The van der Waals surface area contributed by atoms with E-state index in [9.17, 15) is 18.8 Å². The fraction of sp³-hybridized carbons (Fsp3) is 0.278. The van der Waals surface area contributed by atoms with E-state index in [4.69, 9.17) is 4.42 Å². The van der Waals surface area contributed by atoms with Crippen molar-refractivity contribution in [3.8, 4) is 0 Å². The Morgan fingerprint density at radius 1 is 1.13 bits per heavy atom. The molecule has 1 atom stereocenters. The average molecular weight is 314 g/mol. The number of carbonyl (C=O) groups excluding carboxylic acids is 3. The van der Waals surface area contributed by atoms with Gasteiger partial charge in [0, 0.05) is 12.8 Å². The van der Waals surface area contributed by atoms with Crippen LogP contribution in [0, 0.1) is 11.7 Å². The number of carbonyl (C=O) groups is 3. The van der Waals surface area contributed by atoms with Crippen LogP contribution in [0.1, 0.15) is 41.1 Å². The maximum absolute atomic E-state index is 12.9. The van der Waals surface area contributed by atoms with Gasteiger partial charge in [0.15, 0.2) is 11.5 Å². The Morgan fingerprint density at radius 2 is 1.87 bits per heavy atom. The second-order valence-electron chi connectivity index (χ2n) is 5.67. The summed E-state index contributed by atoms with van der Waals surface area (Å²) in [5.74, 6) is -2.12. The van der Waals surface area contributed by atoms with E-state index in [-0.39, 0.29) is 18.0 Å². The molecule has 5 heteroatoms. The van der Waals surface area contributed by atoms with E-state index in [0.29, 0.717) is 25.0 Å². The quantitative estimate of drug-likeness (QED) is 0.494. The summed E-state index contributed by atoms with van der Waals surface area (Å²) < 4.78 is 18.4. The largest absolute Gasteiger partial charge is 0.458 e. The molecule has 0 aliphatic heterocycles. The van der Waals surface area contributed by atoms with Gasteiger partial charge in [0.1, 0.15) is 11.6 Å². The Hall–Kier alpha value is -2.56. The normalized spacial score (nSPS) is 18.2. The summed E-state index contributed by atoms with van der Waals surface area (Å²) in [6.07, 6.45) is 1.57. The van der Waals surface area contributed by atoms with Crippen LogP contribution in [-0.4, -0.2) is 17.3 Å². The number of hydrogen-bond acceptors (Lipinski definition) is 4. The minimum atomic E-state index is -0.916. The molecule has 1 saturated carbocycles. The molecule has 0 N–H and O–H groups in total. The van der Waals surface area contributed by atoms with Crippen LogP contribution in [-0.2, 0) is 16.0 Å². The molecule has 1 unspecified atom stereocenters. The summed E-state index contributed by atoms with van der Waals surface area (Å²) >= 11 is 0. The molecule has 3 rings (SSSR count). The van der Waals surface area contributed by atoms with Crippen molar-refractivity contribution in [1.82, 2.24) is 0 Å². The predicted molar refractivity (Wildman–Crippen MR) is 79.6 cm³/mol. The molecule has 0 amide bonds. The number of ketones is 3. The summed E-state index contributed by atoms with van der Waals surface area (Å²) in [7, 11) is 0. The van der Waals surface area contributed by atoms with Crippen LogP contribution in [0.3, 0.4) is 0 Å². The van der Waals surface area contributed by atoms with E-state index >= 15 is 0 Å². The van der Waals surface area contributed by atoms with Gasteiger partial charge in [0.05, 0.1) is 5.92 Å². The van der Waals surface area contributed by atoms with Gasteiger partial charge in [-0.3, -0.25) is 14.4 Å². The van der Waals surface area contributed by atoms with Gasteiger partial charge in [-0.2, -0.15) is 0 Å². The van der Waals surface area contributed by atoms with E-state index < -0.39 is 23.3 Å². The molecule has 1 heterocycles. The van der Waals surface area contributed by atoms with Crippen LogP contribution in [0.25, 0.3) is 0 Å². The first-order valence-corrected chi connectivity index (χ1v) is 7.49. The first-order valence-electron chi connectivity index (χ1n) is 7.49. The summed E-state index contributed by atoms with van der Waals surface area (Å²) in [6.45, 7) is 0. The molecule has 1 aromatic heterocycles. The average Bonchev–Trinajstić information content (AvgIpc) is 3.00. The summed E-state index contributed by atoms with van der Waals surface area (Å²) in [5.41, 5.74) is 0.851. The maximum Gasteiger partial charge on any atom is 0.209 e. The molecule has 2 aromatic rings. The molecular weight excluding hydrogens is 299 g/mol. The van der Waals surface area contributed by atoms with Crippen molar-refractivity contribution in [1.29, 1.82) is 0 Å². The lowest BCUT2D eigenvalue weighted by molar-refractivity contribution is -0.139. The highest BCUT2D eigenvalue weighted by atomic mass is 19.1. The van der Waals surface area contributed by atoms with E-state index in [0.717, 1.165) is 5.56 Å². The smallest absolute Gasteiger partial charge is 0.209 e. The van der Waals surface area contributed by atoms with Crippen molar-refractivity contribution >= 4 is 17.3 Å². The van der Waals surface area contributed by atoms with Gasteiger partial charge in [-0.1, -0.05) is 12.1 Å². The Bertz CT molecular complexity index is 758. The third-order valence-corrected chi connectivity index (χ3v) is 4.00. The summed E-state index contributed by atoms with van der Waals surface area (Å²) in [4.78, 5) is 35.6. The first kappa shape index (κ1) is 15.3. The predicted octanol–water partition coefficient (Wildman–Crippen LogP) is 3.13. The van der Waals surface area contributed by atoms with Crippen LogP contribution in [0.4, 0.5) is 4.39 Å². The van der Waals surface area contributed by atoms with E-state index in [2.05, 4.69) is 0 Å². The zero-order valence-electron chi connectivity index (χ0n) is 12.4. The molecular formula is C18H15FO4. The molecule has 4 nitrogen and oxygen atoms in total. The molecule has 0 radical (unpaired) electrons. The number of rotatable bonds is 4. The molecule has 0 spiro atoms. The molecule has 23 heavy (non-hydrogen) atoms. The number of benzene rings is 1. The van der Waals surface area contributed by atoms with Crippen molar-refractivity contribution < 1.29 is 23.2 Å². The van der Waals surface area contributed by atoms with Gasteiger partial charge in [-0.25, -0.2) is 4.39 Å². The topological polar surface area (TPSA) is 64.3 Å². The van der Waals surface area contributed by atoms with Gasteiger partial charge >= 0.3 is 0 Å². The molecule has 1 fully saturated rings. The standard InChI is InChI=1S/C18H15FO4/c19-12-6-4-11(5-7-12)10-13-8-9-16(23-13)18(22)14-2-1-3-15(20)17(14)21/h4-9,14H,1-3,10H2. The van der Waals surface area contributed by atoms with E-state index in [1.165, 1.54) is 18.2 Å². The van der Waals surface area contributed by atoms with Crippen molar-refractivity contribution in [2.75, 3.05) is 0 Å². The Morgan fingerprint density at radius 3 is 2.61 bits per heavy atom. The highest BCUT2D eigenvalue weighted by molar-refractivity contribution is 6.42. The first-order chi connectivity index (χ1) is 11.0. The number of hydrogen-bond donors (Lipinski definition) is 0. The zero-order chi connectivity index (χ0) is 16.4. The van der Waals surface area contributed by atoms with Crippen LogP contribution < -0.4 is 0 Å². The molecule has 1 aromatic carbocycles. The second kappa shape index (κ2) is 6.28. The maximum atomic E-state index is 12.9. The van der Waals surface area contributed by atoms with Gasteiger partial charge in [-0.05, 0) is 42.7 Å². The SMILES string of the molecule is O=C1CCCC(C(=O)c2ccc(Cc3ccc(F)cc3)o2)C1=O. The zero-order valence-corrected chi connectivity index (χ0v) is 12.4. The van der Waals surface area contributed by atoms with Crippen LogP contribution in [0.15, 0.2) is 40.8 Å². The Balaban J connectivity index is 1.73. The molecule has 1 aliphatic rings. The van der Waals surface area contributed by atoms with Gasteiger partial charge in [0.2, 0.25) is 11.6 Å². The minimum Gasteiger partial charge on any atom is -0.458 e. The van der Waals surface area contributed by atoms with Crippen molar-refractivity contribution in [2.45, 2.75) is 25.7 Å². The monoisotopic (exact) mass is 314 g/mol. The number of halogens is 1. The lowest BCUT2D eigenvalue weighted by atomic mass is 9.83. The second-order valence-corrected chi connectivity index (χ2v) is 5.67. The van der Waals surface area contributed by atoms with Crippen molar-refractivity contribution in [3.05, 3.63) is 59.3 Å². The third-order valence-electron chi connectivity index (χ3n) is 4.00. The fourth-order valence-electron chi connectivity index (χ4n) is 2.75. The highest BCUT2D eigenvalue weighted by Gasteiger charge is 2.36. The lowest BCUT2D eigenvalue weighted by Crippen LogP contribution is -2.33. The lowest BCUT2D eigenvalue weighted by Gasteiger charge is -2.16. The van der Waals surface area contributed by atoms with Gasteiger partial charge < -0.3 is 4.42 Å². The third kappa shape index (κ3) is 3.28. The van der Waals surface area contributed by atoms with Crippen LogP contribution in [0.2, 0.25) is 0 Å². The van der Waals surface area contributed by atoms with Crippen LogP contribution >= 0.6 is 0 Å². The fourth-order valence-corrected chi connectivity index (χ4v) is 2.75. The molecule has 118 valence electrons. The highest BCUT2D eigenvalue weighted by Crippen LogP contribution is 2.24. The molecule has 0 bridgehead atoms. The molecule has 0 saturated heterocycles. The van der Waals surface area contributed by atoms with Crippen molar-refractivity contribution in [3.63, 3.8) is 0 Å². The number of furan rings is 1. The van der Waals surface area contributed by atoms with Gasteiger partial charge in [0.25, 0.3) is 0 Å². The Labute approximate surface area is 132 Å². The Kier molecular flexibility index (Phi) is 4.19. The number of Topliss-reactive ketones (excluding diaryl/α,β-unsaturated/α-hetero) is 3. The van der Waals surface area contributed by atoms with E-state index in [1.807, 2.05) is 0 Å². The summed E-state index contributed by atoms with van der Waals surface area (Å²) in [6, 6.07) is 9.18. The van der Waals surface area contributed by atoms with Crippen molar-refractivity contribution in [2.24, 2.45) is 5.92 Å². The van der Waals surface area contributed by atoms with Crippen LogP contribution in [0.5, 0.6) is 0 Å². The minimum absolute atomic E-state index is 0.0927. The summed E-state index contributed by atoms with van der Waals surface area (Å²) in [5, 5.41) is 0. The molecule has 1 aliphatic carbocycles.